The zero-order chi connectivity index (χ0) is 17.0. The Hall–Kier alpha value is -2.19. The van der Waals surface area contributed by atoms with Crippen molar-refractivity contribution in [1.82, 2.24) is 20.4 Å². The molecule has 2 N–H and O–H groups in total. The minimum atomic E-state index is -0.582. The Kier molecular flexibility index (Phi) is 6.68. The fraction of sp³-hybridized carbons (Fsp3) is 0.467. The van der Waals surface area contributed by atoms with E-state index >= 15 is 0 Å². The number of hydrogen-bond acceptors (Lipinski definition) is 7. The Labute approximate surface area is 146 Å². The molecule has 0 spiro atoms. The third-order valence-electron chi connectivity index (χ3n) is 2.78. The van der Waals surface area contributed by atoms with Crippen molar-refractivity contribution in [2.24, 2.45) is 0 Å². The summed E-state index contributed by atoms with van der Waals surface area (Å²) in [7, 11) is 0. The summed E-state index contributed by atoms with van der Waals surface area (Å²) in [5, 5.41) is 15.6. The fourth-order valence-corrected chi connectivity index (χ4v) is 1.78. The van der Waals surface area contributed by atoms with Crippen molar-refractivity contribution in [3.05, 3.63) is 29.9 Å². The van der Waals surface area contributed by atoms with Crippen LogP contribution in [0.5, 0.6) is 0 Å². The number of hydrogen-bond donors (Lipinski definition) is 2. The molecule has 2 aromatic heterocycles. The lowest BCUT2D eigenvalue weighted by Gasteiger charge is -2.20. The summed E-state index contributed by atoms with van der Waals surface area (Å²) in [6.45, 7) is 6.89. The van der Waals surface area contributed by atoms with Crippen molar-refractivity contribution >= 4 is 18.5 Å². The van der Waals surface area contributed by atoms with Gasteiger partial charge in [-0.2, -0.15) is 4.98 Å². The maximum atomic E-state index is 11.7. The molecule has 0 aliphatic carbocycles. The van der Waals surface area contributed by atoms with Crippen LogP contribution in [0.2, 0.25) is 0 Å². The van der Waals surface area contributed by atoms with Crippen LogP contribution in [0.4, 0.5) is 4.79 Å². The molecule has 0 radical (unpaired) electrons. The monoisotopic (exact) mass is 356 g/mol. The van der Waals surface area contributed by atoms with Gasteiger partial charge in [-0.3, -0.25) is 4.98 Å². The predicted molar refractivity (Wildman–Crippen MR) is 88.5 cm³/mol. The third-order valence-corrected chi connectivity index (χ3v) is 2.78. The second-order valence-electron chi connectivity index (χ2n) is 6.02. The molecule has 0 saturated heterocycles. The van der Waals surface area contributed by atoms with E-state index in [0.29, 0.717) is 17.1 Å². The van der Waals surface area contributed by atoms with Crippen LogP contribution in [0.15, 0.2) is 22.9 Å². The molecule has 0 unspecified atom stereocenters. The SMILES string of the molecule is C[C@H](NC(=O)OC(C)(C)C)c1nc(-c2ccnc(CO)c2)no1.Cl. The van der Waals surface area contributed by atoms with Gasteiger partial charge in [-0.1, -0.05) is 5.16 Å². The lowest BCUT2D eigenvalue weighted by atomic mass is 10.2. The average Bonchev–Trinajstić information content (AvgIpc) is 2.95. The Morgan fingerprint density at radius 3 is 2.79 bits per heavy atom. The van der Waals surface area contributed by atoms with E-state index < -0.39 is 17.7 Å². The molecule has 0 aliphatic heterocycles. The van der Waals surface area contributed by atoms with Crippen LogP contribution < -0.4 is 5.32 Å². The van der Waals surface area contributed by atoms with Gasteiger partial charge in [0.2, 0.25) is 11.7 Å². The van der Waals surface area contributed by atoms with Gasteiger partial charge < -0.3 is 19.7 Å². The molecule has 1 amide bonds. The molecule has 0 aliphatic rings. The maximum Gasteiger partial charge on any atom is 0.408 e. The Morgan fingerprint density at radius 2 is 2.17 bits per heavy atom. The van der Waals surface area contributed by atoms with Gasteiger partial charge >= 0.3 is 6.09 Å². The van der Waals surface area contributed by atoms with Crippen LogP contribution in [0.25, 0.3) is 11.4 Å². The highest BCUT2D eigenvalue weighted by Gasteiger charge is 2.21. The van der Waals surface area contributed by atoms with Crippen LogP contribution in [-0.4, -0.2) is 31.9 Å². The Balaban J connectivity index is 0.00000288. The van der Waals surface area contributed by atoms with Crippen molar-refractivity contribution in [2.75, 3.05) is 0 Å². The normalized spacial score (nSPS) is 12.2. The lowest BCUT2D eigenvalue weighted by molar-refractivity contribution is 0.0499. The van der Waals surface area contributed by atoms with Crippen LogP contribution in [0, 0.1) is 0 Å². The molecule has 0 bridgehead atoms. The van der Waals surface area contributed by atoms with E-state index in [0.717, 1.165) is 0 Å². The number of pyridine rings is 1. The highest BCUT2D eigenvalue weighted by Crippen LogP contribution is 2.19. The smallest absolute Gasteiger partial charge is 0.408 e. The molecule has 1 atom stereocenters. The number of halogens is 1. The lowest BCUT2D eigenvalue weighted by Crippen LogP contribution is -2.34. The number of carbonyl (C=O) groups is 1. The summed E-state index contributed by atoms with van der Waals surface area (Å²) >= 11 is 0. The van der Waals surface area contributed by atoms with Gasteiger partial charge in [-0.25, -0.2) is 4.79 Å². The number of amides is 1. The van der Waals surface area contributed by atoms with Gasteiger partial charge in [0.25, 0.3) is 0 Å². The summed E-state index contributed by atoms with van der Waals surface area (Å²) in [6.07, 6.45) is 0.996. The summed E-state index contributed by atoms with van der Waals surface area (Å²) in [6, 6.07) is 2.88. The summed E-state index contributed by atoms with van der Waals surface area (Å²) in [5.74, 6) is 0.614. The number of aliphatic hydroxyl groups excluding tert-OH is 1. The van der Waals surface area contributed by atoms with E-state index in [2.05, 4.69) is 20.4 Å². The first-order chi connectivity index (χ1) is 10.8. The zero-order valence-corrected chi connectivity index (χ0v) is 14.8. The predicted octanol–water partition coefficient (Wildman–Crippen LogP) is 2.63. The second kappa shape index (κ2) is 8.07. The molecule has 132 valence electrons. The molecule has 2 rings (SSSR count). The van der Waals surface area contributed by atoms with E-state index in [9.17, 15) is 4.79 Å². The Morgan fingerprint density at radius 1 is 1.46 bits per heavy atom. The standard InChI is InChI=1S/C15H20N4O4.ClH/c1-9(17-14(21)22-15(2,3)4)13-18-12(19-23-13)10-5-6-16-11(7-10)8-20;/h5-7,9,20H,8H2,1-4H3,(H,17,21);1H/t9-;/m0./s1. The highest BCUT2D eigenvalue weighted by atomic mass is 35.5. The zero-order valence-electron chi connectivity index (χ0n) is 13.9. The molecule has 0 saturated carbocycles. The van der Waals surface area contributed by atoms with Crippen molar-refractivity contribution in [3.8, 4) is 11.4 Å². The molecule has 2 aromatic rings. The molecule has 2 heterocycles. The number of rotatable bonds is 4. The Bertz CT molecular complexity index is 684. The number of nitrogens with zero attached hydrogens (tertiary/aromatic N) is 3. The molecular formula is C15H21ClN4O4. The first-order valence-corrected chi connectivity index (χ1v) is 7.18. The fourth-order valence-electron chi connectivity index (χ4n) is 1.78. The molecule has 9 heteroatoms. The molecular weight excluding hydrogens is 336 g/mol. The molecule has 24 heavy (non-hydrogen) atoms. The first-order valence-electron chi connectivity index (χ1n) is 7.18. The highest BCUT2D eigenvalue weighted by molar-refractivity contribution is 5.85. The first kappa shape index (κ1) is 19.9. The van der Waals surface area contributed by atoms with Crippen molar-refractivity contribution in [3.63, 3.8) is 0 Å². The summed E-state index contributed by atoms with van der Waals surface area (Å²) in [5.41, 5.74) is 0.596. The van der Waals surface area contributed by atoms with Gasteiger partial charge in [0.05, 0.1) is 12.3 Å². The molecule has 0 aromatic carbocycles. The number of carbonyl (C=O) groups excluding carboxylic acids is 1. The maximum absolute atomic E-state index is 11.7. The van der Waals surface area contributed by atoms with Crippen LogP contribution in [-0.2, 0) is 11.3 Å². The van der Waals surface area contributed by atoms with Crippen LogP contribution in [0.1, 0.15) is 45.3 Å². The van der Waals surface area contributed by atoms with Crippen LogP contribution in [0.3, 0.4) is 0 Å². The summed E-state index contributed by atoms with van der Waals surface area (Å²) < 4.78 is 10.3. The number of nitrogens with one attached hydrogen (secondary N) is 1. The van der Waals surface area contributed by atoms with Gasteiger partial charge in [0.1, 0.15) is 11.6 Å². The molecule has 0 fully saturated rings. The van der Waals surface area contributed by atoms with Crippen molar-refractivity contribution in [2.45, 2.75) is 45.9 Å². The number of aliphatic hydroxyl groups is 1. The largest absolute Gasteiger partial charge is 0.444 e. The van der Waals surface area contributed by atoms with E-state index in [4.69, 9.17) is 14.4 Å². The van der Waals surface area contributed by atoms with E-state index in [-0.39, 0.29) is 24.9 Å². The third kappa shape index (κ3) is 5.47. The van der Waals surface area contributed by atoms with Gasteiger partial charge in [-0.15, -0.1) is 12.4 Å². The van der Waals surface area contributed by atoms with Crippen LogP contribution >= 0.6 is 12.4 Å². The topological polar surface area (TPSA) is 110 Å². The summed E-state index contributed by atoms with van der Waals surface area (Å²) in [4.78, 5) is 20.0. The van der Waals surface area contributed by atoms with Crippen molar-refractivity contribution < 1.29 is 19.2 Å². The van der Waals surface area contributed by atoms with E-state index in [1.165, 1.54) is 0 Å². The minimum Gasteiger partial charge on any atom is -0.444 e. The number of alkyl carbamates (subject to hydrolysis) is 1. The number of ether oxygens (including phenoxy) is 1. The number of aromatic nitrogens is 3. The average molecular weight is 357 g/mol. The van der Waals surface area contributed by atoms with Gasteiger partial charge in [0.15, 0.2) is 0 Å². The van der Waals surface area contributed by atoms with E-state index in [1.54, 1.807) is 46.0 Å². The van der Waals surface area contributed by atoms with E-state index in [1.807, 2.05) is 0 Å². The quantitative estimate of drug-likeness (QED) is 0.866. The van der Waals surface area contributed by atoms with Gasteiger partial charge in [0, 0.05) is 11.8 Å². The second-order valence-corrected chi connectivity index (χ2v) is 6.02. The van der Waals surface area contributed by atoms with Crippen molar-refractivity contribution in [1.29, 1.82) is 0 Å². The minimum absolute atomic E-state index is 0. The van der Waals surface area contributed by atoms with Gasteiger partial charge in [-0.05, 0) is 39.8 Å². The molecule has 8 nitrogen and oxygen atoms in total.